The van der Waals surface area contributed by atoms with Crippen LogP contribution >= 0.6 is 0 Å². The molecule has 2 amide bonds. The van der Waals surface area contributed by atoms with Crippen molar-refractivity contribution in [1.29, 1.82) is 0 Å². The van der Waals surface area contributed by atoms with Gasteiger partial charge in [0.1, 0.15) is 5.69 Å². The number of anilines is 2. The van der Waals surface area contributed by atoms with Crippen LogP contribution in [0.25, 0.3) is 5.69 Å². The third-order valence-electron chi connectivity index (χ3n) is 5.53. The number of hydrogen-bond donors (Lipinski definition) is 2. The van der Waals surface area contributed by atoms with Gasteiger partial charge in [0.15, 0.2) is 0 Å². The minimum absolute atomic E-state index is 0.0213. The molecule has 4 aromatic rings. The van der Waals surface area contributed by atoms with Gasteiger partial charge in [-0.25, -0.2) is 9.67 Å². The van der Waals surface area contributed by atoms with Gasteiger partial charge in [-0.3, -0.25) is 19.1 Å². The van der Waals surface area contributed by atoms with E-state index in [1.807, 2.05) is 44.2 Å². The SMILES string of the molecule is Cc1c(NC(=O)c2cccc(NC(=O)c3ccc(OC(C)C)nc3)c2)c(=O)n(-c2ccccc2)n1C. The zero-order valence-electron chi connectivity index (χ0n) is 20.5. The number of nitrogens with one attached hydrogen (secondary N) is 2. The quantitative estimate of drug-likeness (QED) is 0.409. The monoisotopic (exact) mass is 485 g/mol. The predicted molar refractivity (Wildman–Crippen MR) is 138 cm³/mol. The molecular weight excluding hydrogens is 458 g/mol. The molecule has 0 fully saturated rings. The Morgan fingerprint density at radius 1 is 0.917 bits per heavy atom. The molecule has 36 heavy (non-hydrogen) atoms. The summed E-state index contributed by atoms with van der Waals surface area (Å²) in [4.78, 5) is 42.9. The summed E-state index contributed by atoms with van der Waals surface area (Å²) in [5.74, 6) is -0.405. The number of pyridine rings is 1. The molecule has 0 aliphatic rings. The number of nitrogens with zero attached hydrogens (tertiary/aromatic N) is 3. The maximum atomic E-state index is 13.1. The van der Waals surface area contributed by atoms with Gasteiger partial charge < -0.3 is 15.4 Å². The molecule has 0 bridgehead atoms. The van der Waals surface area contributed by atoms with Crippen molar-refractivity contribution in [3.8, 4) is 11.6 Å². The summed E-state index contributed by atoms with van der Waals surface area (Å²) in [6, 6.07) is 18.9. The Balaban J connectivity index is 1.50. The number of aromatic nitrogens is 3. The standard InChI is InChI=1S/C27H27N5O4/c1-17(2)36-23-14-13-20(16-28-23)26(34)29-21-10-8-9-19(15-21)25(33)30-24-18(3)31(4)32(27(24)35)22-11-6-5-7-12-22/h5-17H,1-4H3,(H,29,34)(H,30,33). The lowest BCUT2D eigenvalue weighted by Gasteiger charge is -2.10. The molecule has 9 nitrogen and oxygen atoms in total. The molecule has 0 aliphatic heterocycles. The van der Waals surface area contributed by atoms with Gasteiger partial charge in [-0.15, -0.1) is 0 Å². The minimum atomic E-state index is -0.464. The van der Waals surface area contributed by atoms with Crippen LogP contribution in [0.4, 0.5) is 11.4 Å². The summed E-state index contributed by atoms with van der Waals surface area (Å²) in [6.07, 6.45) is 1.41. The summed E-state index contributed by atoms with van der Waals surface area (Å²) >= 11 is 0. The van der Waals surface area contributed by atoms with Crippen molar-refractivity contribution in [1.82, 2.24) is 14.3 Å². The highest BCUT2D eigenvalue weighted by Crippen LogP contribution is 2.18. The van der Waals surface area contributed by atoms with E-state index >= 15 is 0 Å². The highest BCUT2D eigenvalue weighted by molar-refractivity contribution is 6.07. The molecular formula is C27H27N5O4. The fourth-order valence-electron chi connectivity index (χ4n) is 3.67. The van der Waals surface area contributed by atoms with Crippen molar-refractivity contribution in [3.63, 3.8) is 0 Å². The Labute approximate surface area is 208 Å². The number of rotatable bonds is 7. The molecule has 2 aromatic heterocycles. The first-order valence-electron chi connectivity index (χ1n) is 11.4. The third-order valence-corrected chi connectivity index (χ3v) is 5.53. The summed E-state index contributed by atoms with van der Waals surface area (Å²) in [5, 5.41) is 5.50. The molecule has 2 heterocycles. The number of para-hydroxylation sites is 1. The molecule has 9 heteroatoms. The molecule has 0 spiro atoms. The van der Waals surface area contributed by atoms with E-state index in [-0.39, 0.29) is 23.3 Å². The van der Waals surface area contributed by atoms with Gasteiger partial charge in [-0.1, -0.05) is 24.3 Å². The van der Waals surface area contributed by atoms with Crippen LogP contribution in [0, 0.1) is 6.92 Å². The molecule has 0 unspecified atom stereocenters. The highest BCUT2D eigenvalue weighted by atomic mass is 16.5. The zero-order chi connectivity index (χ0) is 25.8. The Morgan fingerprint density at radius 2 is 1.64 bits per heavy atom. The smallest absolute Gasteiger partial charge is 0.295 e. The van der Waals surface area contributed by atoms with Gasteiger partial charge in [-0.2, -0.15) is 0 Å². The summed E-state index contributed by atoms with van der Waals surface area (Å²) in [7, 11) is 1.76. The molecule has 2 aromatic carbocycles. The zero-order valence-corrected chi connectivity index (χ0v) is 20.5. The number of hydrogen-bond acceptors (Lipinski definition) is 5. The van der Waals surface area contributed by atoms with E-state index in [0.29, 0.717) is 34.1 Å². The largest absolute Gasteiger partial charge is 0.475 e. The van der Waals surface area contributed by atoms with Crippen molar-refractivity contribution in [2.24, 2.45) is 7.05 Å². The second-order valence-electron chi connectivity index (χ2n) is 8.48. The summed E-state index contributed by atoms with van der Waals surface area (Å²) in [6.45, 7) is 5.55. The molecule has 0 saturated heterocycles. The average molecular weight is 486 g/mol. The van der Waals surface area contributed by atoms with Crippen LogP contribution in [-0.2, 0) is 7.05 Å². The lowest BCUT2D eigenvalue weighted by atomic mass is 10.1. The van der Waals surface area contributed by atoms with Gasteiger partial charge in [0.2, 0.25) is 5.88 Å². The first kappa shape index (κ1) is 24.5. The number of carbonyl (C=O) groups excluding carboxylic acids is 2. The van der Waals surface area contributed by atoms with Crippen LogP contribution < -0.4 is 20.9 Å². The van der Waals surface area contributed by atoms with Crippen molar-refractivity contribution >= 4 is 23.2 Å². The second kappa shape index (κ2) is 10.3. The molecule has 4 rings (SSSR count). The molecule has 0 aliphatic carbocycles. The van der Waals surface area contributed by atoms with Crippen LogP contribution in [0.2, 0.25) is 0 Å². The second-order valence-corrected chi connectivity index (χ2v) is 8.48. The predicted octanol–water partition coefficient (Wildman–Crippen LogP) is 4.17. The molecule has 2 N–H and O–H groups in total. The fourth-order valence-corrected chi connectivity index (χ4v) is 3.67. The van der Waals surface area contributed by atoms with E-state index in [1.165, 1.54) is 10.9 Å². The van der Waals surface area contributed by atoms with Crippen molar-refractivity contribution in [2.75, 3.05) is 10.6 Å². The van der Waals surface area contributed by atoms with E-state index in [9.17, 15) is 14.4 Å². The third kappa shape index (κ3) is 5.20. The van der Waals surface area contributed by atoms with Crippen LogP contribution in [0.1, 0.15) is 40.3 Å². The van der Waals surface area contributed by atoms with E-state index in [4.69, 9.17) is 4.74 Å². The normalized spacial score (nSPS) is 10.8. The van der Waals surface area contributed by atoms with Gasteiger partial charge >= 0.3 is 0 Å². The Bertz CT molecular complexity index is 1450. The molecule has 184 valence electrons. The molecule has 0 atom stereocenters. The average Bonchev–Trinajstić information content (AvgIpc) is 3.07. The molecule has 0 radical (unpaired) electrons. The molecule has 0 saturated carbocycles. The number of amides is 2. The van der Waals surface area contributed by atoms with Crippen LogP contribution in [0.3, 0.4) is 0 Å². The van der Waals surface area contributed by atoms with E-state index in [0.717, 1.165) is 0 Å². The maximum absolute atomic E-state index is 13.1. The van der Waals surface area contributed by atoms with Crippen molar-refractivity contribution in [2.45, 2.75) is 26.9 Å². The maximum Gasteiger partial charge on any atom is 0.295 e. The van der Waals surface area contributed by atoms with Crippen LogP contribution in [0.5, 0.6) is 5.88 Å². The lowest BCUT2D eigenvalue weighted by molar-refractivity contribution is 0.101. The van der Waals surface area contributed by atoms with Gasteiger partial charge in [0.05, 0.1) is 23.0 Å². The minimum Gasteiger partial charge on any atom is -0.475 e. The van der Waals surface area contributed by atoms with Crippen molar-refractivity contribution in [3.05, 3.63) is 100 Å². The highest BCUT2D eigenvalue weighted by Gasteiger charge is 2.19. The van der Waals surface area contributed by atoms with E-state index in [2.05, 4.69) is 15.6 Å². The van der Waals surface area contributed by atoms with Crippen LogP contribution in [-0.4, -0.2) is 32.3 Å². The number of ether oxygens (including phenoxy) is 1. The fraction of sp³-hybridized carbons (Fsp3) is 0.185. The van der Waals surface area contributed by atoms with Gasteiger partial charge in [-0.05, 0) is 57.2 Å². The van der Waals surface area contributed by atoms with Gasteiger partial charge in [0, 0.05) is 30.6 Å². The Hall–Kier alpha value is -4.66. The Morgan fingerprint density at radius 3 is 2.31 bits per heavy atom. The van der Waals surface area contributed by atoms with Gasteiger partial charge in [0.25, 0.3) is 17.4 Å². The Kier molecular flexibility index (Phi) is 7.00. The van der Waals surface area contributed by atoms with Crippen LogP contribution in [0.15, 0.2) is 77.7 Å². The summed E-state index contributed by atoms with van der Waals surface area (Å²) < 4.78 is 8.68. The van der Waals surface area contributed by atoms with Crippen molar-refractivity contribution < 1.29 is 14.3 Å². The lowest BCUT2D eigenvalue weighted by Crippen LogP contribution is -2.23. The topological polar surface area (TPSA) is 107 Å². The van der Waals surface area contributed by atoms with E-state index in [1.54, 1.807) is 55.1 Å². The first-order chi connectivity index (χ1) is 17.2. The van der Waals surface area contributed by atoms with E-state index < -0.39 is 5.91 Å². The summed E-state index contributed by atoms with van der Waals surface area (Å²) in [5.41, 5.74) is 2.23. The number of benzene rings is 2. The number of carbonyl (C=O) groups is 2. The first-order valence-corrected chi connectivity index (χ1v) is 11.4.